The quantitative estimate of drug-likeness (QED) is 0.795. The van der Waals surface area contributed by atoms with Crippen molar-refractivity contribution in [1.29, 1.82) is 0 Å². The minimum atomic E-state index is -3.10. The Morgan fingerprint density at radius 1 is 1.21 bits per heavy atom. The van der Waals surface area contributed by atoms with Crippen LogP contribution in [0.2, 0.25) is 0 Å². The highest BCUT2D eigenvalue weighted by molar-refractivity contribution is 9.10. The fourth-order valence-corrected chi connectivity index (χ4v) is 5.27. The maximum absolute atomic E-state index is 12.2. The topological polar surface area (TPSA) is 66.5 Å². The van der Waals surface area contributed by atoms with E-state index in [4.69, 9.17) is 0 Å². The number of thiophene rings is 1. The second kappa shape index (κ2) is 7.35. The molecule has 1 aliphatic heterocycles. The summed E-state index contributed by atoms with van der Waals surface area (Å²) >= 11 is 4.83. The molecule has 1 amide bonds. The summed E-state index contributed by atoms with van der Waals surface area (Å²) < 4.78 is 25.9. The van der Waals surface area contributed by atoms with E-state index in [9.17, 15) is 13.2 Å². The molecule has 8 heteroatoms. The number of halogens is 1. The summed E-state index contributed by atoms with van der Waals surface area (Å²) in [5, 5.41) is 2.80. The molecule has 0 radical (unpaired) electrons. The molecular weight excluding hydrogens is 412 g/mol. The summed E-state index contributed by atoms with van der Waals surface area (Å²) in [5.74, 6) is 0.0440. The molecule has 0 atom stereocenters. The number of hydrogen-bond donors (Lipinski definition) is 1. The van der Waals surface area contributed by atoms with Crippen LogP contribution in [0.4, 0.5) is 0 Å². The van der Waals surface area contributed by atoms with Crippen LogP contribution in [0.25, 0.3) is 10.4 Å². The molecule has 0 saturated carbocycles. The molecule has 0 aliphatic carbocycles. The Morgan fingerprint density at radius 2 is 1.96 bits per heavy atom. The third-order valence-electron chi connectivity index (χ3n) is 3.81. The van der Waals surface area contributed by atoms with Crippen molar-refractivity contribution in [2.24, 2.45) is 0 Å². The number of benzene rings is 1. The third kappa shape index (κ3) is 4.05. The summed E-state index contributed by atoms with van der Waals surface area (Å²) in [6.07, 6.45) is 0.664. The molecule has 1 aliphatic rings. The van der Waals surface area contributed by atoms with E-state index in [2.05, 4.69) is 21.2 Å². The fraction of sp³-hybridized carbons (Fsp3) is 0.312. The van der Waals surface area contributed by atoms with Crippen LogP contribution in [-0.4, -0.2) is 44.0 Å². The average molecular weight is 429 g/mol. The first-order valence-electron chi connectivity index (χ1n) is 7.57. The monoisotopic (exact) mass is 428 g/mol. The summed E-state index contributed by atoms with van der Waals surface area (Å²) in [6, 6.07) is 11.6. The Morgan fingerprint density at radius 3 is 2.62 bits per heavy atom. The van der Waals surface area contributed by atoms with Crippen LogP contribution in [0.3, 0.4) is 0 Å². The first-order valence-corrected chi connectivity index (χ1v) is 10.8. The predicted octanol–water partition coefficient (Wildman–Crippen LogP) is 2.94. The Hall–Kier alpha value is -1.22. The van der Waals surface area contributed by atoms with Crippen LogP contribution in [0.1, 0.15) is 16.1 Å². The maximum Gasteiger partial charge on any atom is 0.261 e. The number of amides is 1. The van der Waals surface area contributed by atoms with Crippen molar-refractivity contribution in [3.63, 3.8) is 0 Å². The first kappa shape index (κ1) is 17.6. The van der Waals surface area contributed by atoms with Crippen LogP contribution in [0.15, 0.2) is 40.9 Å². The van der Waals surface area contributed by atoms with Gasteiger partial charge in [0.15, 0.2) is 0 Å². The predicted molar refractivity (Wildman–Crippen MR) is 99.8 cm³/mol. The molecule has 5 nitrogen and oxygen atoms in total. The highest BCUT2D eigenvalue weighted by Gasteiger charge is 2.27. The van der Waals surface area contributed by atoms with Gasteiger partial charge in [-0.05, 0) is 36.2 Å². The first-order chi connectivity index (χ1) is 11.5. The highest BCUT2D eigenvalue weighted by atomic mass is 79.9. The van der Waals surface area contributed by atoms with E-state index < -0.39 is 10.0 Å². The number of nitrogens with one attached hydrogen (secondary N) is 1. The van der Waals surface area contributed by atoms with Crippen LogP contribution in [0.5, 0.6) is 0 Å². The molecule has 2 aromatic rings. The number of carbonyl (C=O) groups excluding carboxylic acids is 1. The molecule has 24 heavy (non-hydrogen) atoms. The van der Waals surface area contributed by atoms with E-state index in [1.165, 1.54) is 15.6 Å². The van der Waals surface area contributed by atoms with Gasteiger partial charge in [-0.3, -0.25) is 4.79 Å². The Kier molecular flexibility index (Phi) is 5.39. The van der Waals surface area contributed by atoms with Gasteiger partial charge in [0, 0.05) is 29.0 Å². The van der Waals surface area contributed by atoms with Crippen molar-refractivity contribution < 1.29 is 13.2 Å². The summed E-state index contributed by atoms with van der Waals surface area (Å²) in [7, 11) is -3.10. The van der Waals surface area contributed by atoms with Crippen LogP contribution < -0.4 is 5.32 Å². The second-order valence-corrected chi connectivity index (χ2v) is 9.58. The lowest BCUT2D eigenvalue weighted by atomic mass is 10.2. The van der Waals surface area contributed by atoms with Gasteiger partial charge in [0.05, 0.1) is 10.6 Å². The molecule has 1 aromatic carbocycles. The summed E-state index contributed by atoms with van der Waals surface area (Å²) in [5.41, 5.74) is 1.06. The van der Waals surface area contributed by atoms with Crippen molar-refractivity contribution in [2.75, 3.05) is 25.4 Å². The average Bonchev–Trinajstić information content (AvgIpc) is 3.15. The fourth-order valence-electron chi connectivity index (χ4n) is 2.55. The van der Waals surface area contributed by atoms with Crippen molar-refractivity contribution in [3.05, 3.63) is 45.7 Å². The zero-order valence-electron chi connectivity index (χ0n) is 12.9. The standard InChI is InChI=1S/C16H17BrN2O3S2/c17-13-4-2-12(3-5-13)14-6-7-15(23-14)16(20)18-8-10-19-9-1-11-24(19,21)22/h2-7H,1,8-11H2,(H,18,20). The lowest BCUT2D eigenvalue weighted by Gasteiger charge is -2.14. The van der Waals surface area contributed by atoms with E-state index in [1.54, 1.807) is 6.07 Å². The SMILES string of the molecule is O=C(NCCN1CCCS1(=O)=O)c1ccc(-c2ccc(Br)cc2)s1. The largest absolute Gasteiger partial charge is 0.350 e. The highest BCUT2D eigenvalue weighted by Crippen LogP contribution is 2.29. The van der Waals surface area contributed by atoms with E-state index in [-0.39, 0.29) is 11.7 Å². The zero-order valence-corrected chi connectivity index (χ0v) is 16.1. The van der Waals surface area contributed by atoms with Gasteiger partial charge >= 0.3 is 0 Å². The molecule has 0 bridgehead atoms. The van der Waals surface area contributed by atoms with Gasteiger partial charge in [-0.25, -0.2) is 12.7 Å². The van der Waals surface area contributed by atoms with Gasteiger partial charge in [-0.1, -0.05) is 28.1 Å². The molecular formula is C16H17BrN2O3S2. The van der Waals surface area contributed by atoms with Crippen molar-refractivity contribution in [1.82, 2.24) is 9.62 Å². The molecule has 1 N–H and O–H groups in total. The Balaban J connectivity index is 1.57. The van der Waals surface area contributed by atoms with Crippen LogP contribution in [0, 0.1) is 0 Å². The lowest BCUT2D eigenvalue weighted by molar-refractivity contribution is 0.0956. The van der Waals surface area contributed by atoms with E-state index in [0.29, 0.717) is 30.9 Å². The zero-order chi connectivity index (χ0) is 17.2. The van der Waals surface area contributed by atoms with Gasteiger partial charge in [-0.15, -0.1) is 11.3 Å². The minimum absolute atomic E-state index is 0.167. The Bertz CT molecular complexity index is 831. The molecule has 0 spiro atoms. The van der Waals surface area contributed by atoms with Crippen molar-refractivity contribution >= 4 is 43.2 Å². The maximum atomic E-state index is 12.2. The Labute approximate surface area is 153 Å². The second-order valence-electron chi connectivity index (χ2n) is 5.50. The molecule has 0 unspecified atom stereocenters. The molecule has 1 fully saturated rings. The van der Waals surface area contributed by atoms with Gasteiger partial charge < -0.3 is 5.32 Å². The van der Waals surface area contributed by atoms with E-state index in [0.717, 1.165) is 14.9 Å². The van der Waals surface area contributed by atoms with Gasteiger partial charge in [0.2, 0.25) is 10.0 Å². The number of nitrogens with zero attached hydrogens (tertiary/aromatic N) is 1. The molecule has 2 heterocycles. The number of hydrogen-bond acceptors (Lipinski definition) is 4. The molecule has 1 aromatic heterocycles. The molecule has 3 rings (SSSR count). The number of sulfonamides is 1. The van der Waals surface area contributed by atoms with Crippen LogP contribution in [-0.2, 0) is 10.0 Å². The van der Waals surface area contributed by atoms with Gasteiger partial charge in [0.1, 0.15) is 0 Å². The lowest BCUT2D eigenvalue weighted by Crippen LogP contribution is -2.35. The smallest absolute Gasteiger partial charge is 0.261 e. The minimum Gasteiger partial charge on any atom is -0.350 e. The third-order valence-corrected chi connectivity index (χ3v) is 7.43. The van der Waals surface area contributed by atoms with Crippen molar-refractivity contribution in [3.8, 4) is 10.4 Å². The van der Waals surface area contributed by atoms with Gasteiger partial charge in [0.25, 0.3) is 5.91 Å². The number of rotatable bonds is 5. The summed E-state index contributed by atoms with van der Waals surface area (Å²) in [4.78, 5) is 13.8. The summed E-state index contributed by atoms with van der Waals surface area (Å²) in [6.45, 7) is 1.20. The molecule has 128 valence electrons. The van der Waals surface area contributed by atoms with Crippen LogP contribution >= 0.6 is 27.3 Å². The normalized spacial score (nSPS) is 17.0. The van der Waals surface area contributed by atoms with Gasteiger partial charge in [-0.2, -0.15) is 0 Å². The molecule has 1 saturated heterocycles. The van der Waals surface area contributed by atoms with E-state index >= 15 is 0 Å². The van der Waals surface area contributed by atoms with E-state index in [1.807, 2.05) is 30.3 Å². The number of carbonyl (C=O) groups is 1. The van der Waals surface area contributed by atoms with Crippen molar-refractivity contribution in [2.45, 2.75) is 6.42 Å².